The molecule has 180 valence electrons. The first-order valence-corrected chi connectivity index (χ1v) is 10.4. The number of rotatable bonds is 4. The van der Waals surface area contributed by atoms with Crippen molar-refractivity contribution >= 4 is 5.57 Å². The summed E-state index contributed by atoms with van der Waals surface area (Å²) in [5.74, 6) is -6.37. The van der Waals surface area contributed by atoms with Crippen LogP contribution in [0.15, 0.2) is 48.7 Å². The van der Waals surface area contributed by atoms with E-state index in [0.29, 0.717) is 29.3 Å². The molecule has 2 nitrogen and oxygen atoms in total. The second-order valence-electron chi connectivity index (χ2n) is 7.87. The van der Waals surface area contributed by atoms with Crippen molar-refractivity contribution in [1.82, 2.24) is 4.98 Å². The summed E-state index contributed by atoms with van der Waals surface area (Å²) in [5.41, 5.74) is 2.57. The van der Waals surface area contributed by atoms with E-state index >= 15 is 0 Å². The zero-order valence-electron chi connectivity index (χ0n) is 18.0. The molecule has 0 bridgehead atoms. The number of aromatic nitrogens is 1. The van der Waals surface area contributed by atoms with Crippen LogP contribution in [0.5, 0.6) is 5.75 Å². The minimum absolute atomic E-state index is 0.315. The summed E-state index contributed by atoms with van der Waals surface area (Å²) in [7, 11) is 0. The molecule has 1 unspecified atom stereocenters. The molecule has 0 spiro atoms. The van der Waals surface area contributed by atoms with Crippen molar-refractivity contribution in [3.8, 4) is 17.0 Å². The lowest BCUT2D eigenvalue weighted by molar-refractivity contribution is -0.00711. The second-order valence-corrected chi connectivity index (χ2v) is 7.87. The van der Waals surface area contributed by atoms with Gasteiger partial charge in [-0.25, -0.2) is 26.3 Å². The Kier molecular flexibility index (Phi) is 8.31. The summed E-state index contributed by atoms with van der Waals surface area (Å²) in [6.45, 7) is 1.08. The fourth-order valence-corrected chi connectivity index (χ4v) is 3.44. The summed E-state index contributed by atoms with van der Waals surface area (Å²) >= 11 is 0. The van der Waals surface area contributed by atoms with Crippen LogP contribution in [-0.4, -0.2) is 4.98 Å². The fourth-order valence-electron chi connectivity index (χ4n) is 3.44. The molecule has 9 heteroatoms. The molecule has 0 fully saturated rings. The average Bonchev–Trinajstić information content (AvgIpc) is 2.83. The Balaban J connectivity index is 0.000000248. The van der Waals surface area contributed by atoms with E-state index in [0.717, 1.165) is 37.0 Å². The highest BCUT2D eigenvalue weighted by molar-refractivity contribution is 5.68. The number of hydrogen-bond donors (Lipinski definition) is 0. The van der Waals surface area contributed by atoms with Crippen LogP contribution < -0.4 is 4.94 Å². The van der Waals surface area contributed by atoms with Crippen LogP contribution >= 0.6 is 0 Å². The van der Waals surface area contributed by atoms with Crippen molar-refractivity contribution in [1.29, 1.82) is 0 Å². The van der Waals surface area contributed by atoms with Gasteiger partial charge in [0.25, 0.3) is 0 Å². The normalized spacial score (nSPS) is 15.3. The largest absolute Gasteiger partial charge is 0.294 e. The minimum atomic E-state index is -1.65. The first kappa shape index (κ1) is 25.3. The molecule has 1 aromatic heterocycles. The van der Waals surface area contributed by atoms with Gasteiger partial charge < -0.3 is 0 Å². The van der Waals surface area contributed by atoms with Crippen molar-refractivity contribution in [3.05, 3.63) is 88.9 Å². The topological polar surface area (TPSA) is 22.1 Å². The molecule has 0 saturated carbocycles. The molecule has 0 amide bonds. The van der Waals surface area contributed by atoms with E-state index in [1.807, 2.05) is 6.07 Å². The van der Waals surface area contributed by atoms with Crippen molar-refractivity contribution < 1.29 is 35.8 Å². The molecule has 0 N–H and O–H groups in total. The highest BCUT2D eigenvalue weighted by atomic mass is 19.3. The Morgan fingerprint density at radius 1 is 0.912 bits per heavy atom. The third-order valence-electron chi connectivity index (χ3n) is 5.42. The second kappa shape index (κ2) is 11.2. The first-order valence-electron chi connectivity index (χ1n) is 10.4. The van der Waals surface area contributed by atoms with Crippen LogP contribution in [0.1, 0.15) is 37.3 Å². The molecule has 3 aromatic rings. The van der Waals surface area contributed by atoms with Crippen LogP contribution in [0.3, 0.4) is 0 Å². The van der Waals surface area contributed by atoms with Gasteiger partial charge in [-0.15, -0.1) is 0 Å². The molecule has 1 atom stereocenters. The molecule has 1 aliphatic carbocycles. The number of pyridine rings is 1. The molecule has 2 aromatic carbocycles. The maximum absolute atomic E-state index is 13.7. The van der Waals surface area contributed by atoms with E-state index in [1.165, 1.54) is 5.57 Å². The highest BCUT2D eigenvalue weighted by Gasteiger charge is 2.15. The first-order chi connectivity index (χ1) is 16.2. The van der Waals surface area contributed by atoms with E-state index in [1.54, 1.807) is 12.3 Å². The summed E-state index contributed by atoms with van der Waals surface area (Å²) in [5, 5.41) is 0. The van der Waals surface area contributed by atoms with E-state index < -0.39 is 47.1 Å². The van der Waals surface area contributed by atoms with E-state index in [4.69, 9.17) is 0 Å². The SMILES string of the molecule is CC1CC=C(c2ccc(-c3cc(F)c(CF)c(F)c3)nc2)CC1.FOc1cc(F)c(F)c(F)c1. The van der Waals surface area contributed by atoms with Gasteiger partial charge in [0, 0.05) is 28.4 Å². The summed E-state index contributed by atoms with van der Waals surface area (Å²) in [4.78, 5) is 7.30. The summed E-state index contributed by atoms with van der Waals surface area (Å²) < 4.78 is 87.7. The van der Waals surface area contributed by atoms with Crippen molar-refractivity contribution in [2.75, 3.05) is 0 Å². The number of nitrogens with zero attached hydrogens (tertiary/aromatic N) is 1. The Morgan fingerprint density at radius 2 is 1.56 bits per heavy atom. The number of benzene rings is 2. The highest BCUT2D eigenvalue weighted by Crippen LogP contribution is 2.31. The molecule has 34 heavy (non-hydrogen) atoms. The molecular weight excluding hydrogens is 463 g/mol. The van der Waals surface area contributed by atoms with Gasteiger partial charge in [0.15, 0.2) is 23.2 Å². The van der Waals surface area contributed by atoms with Crippen LogP contribution in [0.2, 0.25) is 0 Å². The third-order valence-corrected chi connectivity index (χ3v) is 5.42. The fraction of sp³-hybridized carbons (Fsp3) is 0.240. The van der Waals surface area contributed by atoms with Crippen LogP contribution in [-0.2, 0) is 6.67 Å². The quantitative estimate of drug-likeness (QED) is 0.277. The predicted molar refractivity (Wildman–Crippen MR) is 113 cm³/mol. The average molecular weight is 483 g/mol. The zero-order chi connectivity index (χ0) is 24.8. The number of halogens is 7. The number of allylic oxidation sites excluding steroid dienone is 2. The van der Waals surface area contributed by atoms with Gasteiger partial charge in [0.2, 0.25) is 0 Å². The van der Waals surface area contributed by atoms with Crippen LogP contribution in [0.25, 0.3) is 16.8 Å². The molecule has 1 heterocycles. The summed E-state index contributed by atoms with van der Waals surface area (Å²) in [6.07, 6.45) is 7.22. The standard InChI is InChI=1S/C19H18F3N.C6H2F4O/c1-12-2-4-13(5-3-12)14-6-7-19(23-11-14)15-8-17(21)16(10-20)18(22)9-15;7-4-1-3(11-10)2-5(8)6(4)9/h4,6-9,11-12H,2-3,5,10H2,1H3;1-2H. The van der Waals surface area contributed by atoms with Gasteiger partial charge in [-0.05, 0) is 54.5 Å². The Hall–Kier alpha value is -3.36. The molecular formula is C25H20F7NO. The van der Waals surface area contributed by atoms with Crippen molar-refractivity contribution in [2.45, 2.75) is 32.9 Å². The van der Waals surface area contributed by atoms with Gasteiger partial charge in [0.05, 0.1) is 11.3 Å². The monoisotopic (exact) mass is 483 g/mol. The number of alkyl halides is 1. The molecule has 0 saturated heterocycles. The molecule has 0 radical (unpaired) electrons. The lowest BCUT2D eigenvalue weighted by Crippen LogP contribution is -2.01. The minimum Gasteiger partial charge on any atom is -0.294 e. The Labute approximate surface area is 191 Å². The molecule has 0 aliphatic heterocycles. The van der Waals surface area contributed by atoms with E-state index in [-0.39, 0.29) is 0 Å². The zero-order valence-corrected chi connectivity index (χ0v) is 18.0. The van der Waals surface area contributed by atoms with Gasteiger partial charge in [-0.1, -0.05) is 19.1 Å². The Bertz CT molecular complexity index is 1130. The van der Waals surface area contributed by atoms with E-state index in [9.17, 15) is 30.9 Å². The van der Waals surface area contributed by atoms with Crippen molar-refractivity contribution in [3.63, 3.8) is 0 Å². The lowest BCUT2D eigenvalue weighted by atomic mass is 9.88. The maximum atomic E-state index is 13.7. The number of hydrogen-bond acceptors (Lipinski definition) is 2. The van der Waals surface area contributed by atoms with E-state index in [2.05, 4.69) is 22.9 Å². The van der Waals surface area contributed by atoms with Gasteiger partial charge in [-0.3, -0.25) is 9.93 Å². The summed E-state index contributed by atoms with van der Waals surface area (Å²) in [6, 6.07) is 6.72. The third kappa shape index (κ3) is 5.95. The predicted octanol–water partition coefficient (Wildman–Crippen LogP) is 8.07. The Morgan fingerprint density at radius 3 is 2.03 bits per heavy atom. The maximum Gasteiger partial charge on any atom is 0.194 e. The lowest BCUT2D eigenvalue weighted by Gasteiger charge is -2.18. The van der Waals surface area contributed by atoms with Gasteiger partial charge in [-0.2, -0.15) is 0 Å². The van der Waals surface area contributed by atoms with Crippen LogP contribution in [0.4, 0.5) is 30.9 Å². The molecule has 4 rings (SSSR count). The van der Waals surface area contributed by atoms with Gasteiger partial charge in [0.1, 0.15) is 18.3 Å². The van der Waals surface area contributed by atoms with Crippen LogP contribution in [0, 0.1) is 35.0 Å². The van der Waals surface area contributed by atoms with Gasteiger partial charge >= 0.3 is 0 Å². The smallest absolute Gasteiger partial charge is 0.194 e. The molecule has 1 aliphatic rings. The van der Waals surface area contributed by atoms with Crippen molar-refractivity contribution in [2.24, 2.45) is 5.92 Å².